The molecule has 0 aliphatic heterocycles. The Labute approximate surface area is 118 Å². The summed E-state index contributed by atoms with van der Waals surface area (Å²) in [5, 5.41) is 7.59. The third kappa shape index (κ3) is 2.64. The van der Waals surface area contributed by atoms with Crippen LogP contribution >= 0.6 is 11.6 Å². The normalized spacial score (nSPS) is 13.6. The van der Waals surface area contributed by atoms with Crippen molar-refractivity contribution in [3.8, 4) is 5.69 Å². The van der Waals surface area contributed by atoms with Gasteiger partial charge in [0.25, 0.3) is 0 Å². The van der Waals surface area contributed by atoms with Gasteiger partial charge in [0.1, 0.15) is 5.69 Å². The maximum Gasteiger partial charge on any atom is 0.418 e. The standard InChI is InChI=1S/C12H12ClF3N4/c1-6(17)11-7(2)20(19-18-11)10-4-3-8(13)5-9(10)12(14,15)16/h3-6H,17H2,1-2H3. The molecule has 0 radical (unpaired) electrons. The van der Waals surface area contributed by atoms with Crippen LogP contribution < -0.4 is 5.73 Å². The first kappa shape index (κ1) is 14.8. The molecule has 0 amide bonds. The molecule has 2 aromatic rings. The van der Waals surface area contributed by atoms with E-state index in [1.165, 1.54) is 12.1 Å². The van der Waals surface area contributed by atoms with Crippen LogP contribution in [-0.4, -0.2) is 15.0 Å². The van der Waals surface area contributed by atoms with Crippen LogP contribution in [0.2, 0.25) is 5.02 Å². The lowest BCUT2D eigenvalue weighted by molar-refractivity contribution is -0.137. The molecule has 8 heteroatoms. The zero-order valence-corrected chi connectivity index (χ0v) is 11.5. The molecule has 0 aliphatic carbocycles. The predicted octanol–water partition coefficient (Wildman–Crippen LogP) is 3.27. The molecule has 108 valence electrons. The second kappa shape index (κ2) is 5.06. The van der Waals surface area contributed by atoms with Crippen LogP contribution in [0.5, 0.6) is 0 Å². The first-order valence-corrected chi connectivity index (χ1v) is 6.14. The first-order chi connectivity index (χ1) is 9.21. The Balaban J connectivity index is 2.65. The SMILES string of the molecule is Cc1c(C(C)N)nnn1-c1ccc(Cl)cc1C(F)(F)F. The lowest BCUT2D eigenvalue weighted by Gasteiger charge is -2.14. The van der Waals surface area contributed by atoms with E-state index in [0.717, 1.165) is 10.7 Å². The average molecular weight is 305 g/mol. The number of benzene rings is 1. The van der Waals surface area contributed by atoms with Crippen LogP contribution in [-0.2, 0) is 6.18 Å². The van der Waals surface area contributed by atoms with Crippen LogP contribution in [0.3, 0.4) is 0 Å². The van der Waals surface area contributed by atoms with E-state index in [1.54, 1.807) is 13.8 Å². The van der Waals surface area contributed by atoms with E-state index in [1.807, 2.05) is 0 Å². The van der Waals surface area contributed by atoms with Crippen molar-refractivity contribution in [2.45, 2.75) is 26.1 Å². The van der Waals surface area contributed by atoms with Gasteiger partial charge in [-0.1, -0.05) is 16.8 Å². The number of nitrogens with zero attached hydrogens (tertiary/aromatic N) is 3. The van der Waals surface area contributed by atoms with Crippen LogP contribution in [0.15, 0.2) is 18.2 Å². The molecule has 1 heterocycles. The molecule has 1 unspecified atom stereocenters. The Morgan fingerprint density at radius 1 is 1.35 bits per heavy atom. The summed E-state index contributed by atoms with van der Waals surface area (Å²) in [7, 11) is 0. The van der Waals surface area contributed by atoms with Gasteiger partial charge < -0.3 is 5.73 Å². The fraction of sp³-hybridized carbons (Fsp3) is 0.333. The second-order valence-electron chi connectivity index (χ2n) is 4.42. The highest BCUT2D eigenvalue weighted by Gasteiger charge is 2.35. The molecule has 20 heavy (non-hydrogen) atoms. The zero-order valence-electron chi connectivity index (χ0n) is 10.7. The largest absolute Gasteiger partial charge is 0.418 e. The van der Waals surface area contributed by atoms with E-state index in [2.05, 4.69) is 10.3 Å². The third-order valence-electron chi connectivity index (χ3n) is 2.85. The zero-order chi connectivity index (χ0) is 15.1. The molecular weight excluding hydrogens is 293 g/mol. The number of aromatic nitrogens is 3. The molecule has 1 aromatic heterocycles. The summed E-state index contributed by atoms with van der Waals surface area (Å²) in [6.45, 7) is 3.31. The van der Waals surface area contributed by atoms with Crippen LogP contribution in [0.25, 0.3) is 5.69 Å². The van der Waals surface area contributed by atoms with Gasteiger partial charge in [-0.3, -0.25) is 0 Å². The van der Waals surface area contributed by atoms with Crippen LogP contribution in [0, 0.1) is 6.92 Å². The van der Waals surface area contributed by atoms with E-state index >= 15 is 0 Å². The van der Waals surface area contributed by atoms with Gasteiger partial charge in [0.15, 0.2) is 0 Å². The van der Waals surface area contributed by atoms with E-state index in [4.69, 9.17) is 17.3 Å². The molecule has 0 fully saturated rings. The van der Waals surface area contributed by atoms with Gasteiger partial charge in [-0.05, 0) is 32.0 Å². The minimum absolute atomic E-state index is 0.00580. The summed E-state index contributed by atoms with van der Waals surface area (Å²) in [6.07, 6.45) is -4.53. The van der Waals surface area contributed by atoms with Gasteiger partial charge in [0.05, 0.1) is 16.9 Å². The number of hydrogen-bond acceptors (Lipinski definition) is 3. The highest BCUT2D eigenvalue weighted by atomic mass is 35.5. The molecular formula is C12H12ClF3N4. The van der Waals surface area contributed by atoms with E-state index in [-0.39, 0.29) is 10.7 Å². The Bertz CT molecular complexity index is 634. The van der Waals surface area contributed by atoms with Gasteiger partial charge in [-0.25, -0.2) is 4.68 Å². The van der Waals surface area contributed by atoms with Crippen molar-refractivity contribution >= 4 is 11.6 Å². The highest BCUT2D eigenvalue weighted by molar-refractivity contribution is 6.30. The van der Waals surface area contributed by atoms with Gasteiger partial charge in [0.2, 0.25) is 0 Å². The number of rotatable bonds is 2. The number of alkyl halides is 3. The van der Waals surface area contributed by atoms with Gasteiger partial charge in [-0.15, -0.1) is 5.10 Å². The van der Waals surface area contributed by atoms with Gasteiger partial charge in [-0.2, -0.15) is 13.2 Å². The minimum atomic E-state index is -4.53. The van der Waals surface area contributed by atoms with E-state index in [0.29, 0.717) is 11.4 Å². The molecule has 0 spiro atoms. The maximum absolute atomic E-state index is 13.1. The third-order valence-corrected chi connectivity index (χ3v) is 3.09. The lowest BCUT2D eigenvalue weighted by atomic mass is 10.1. The highest BCUT2D eigenvalue weighted by Crippen LogP contribution is 2.35. The minimum Gasteiger partial charge on any atom is -0.323 e. The molecule has 0 saturated carbocycles. The number of nitrogens with two attached hydrogens (primary N) is 1. The molecule has 1 aromatic carbocycles. The topological polar surface area (TPSA) is 56.7 Å². The second-order valence-corrected chi connectivity index (χ2v) is 4.86. The molecule has 0 bridgehead atoms. The molecule has 4 nitrogen and oxygen atoms in total. The van der Waals surface area contributed by atoms with E-state index < -0.39 is 17.8 Å². The summed E-state index contributed by atoms with van der Waals surface area (Å²) in [5.74, 6) is 0. The van der Waals surface area contributed by atoms with Crippen molar-refractivity contribution in [3.63, 3.8) is 0 Å². The summed E-state index contributed by atoms with van der Waals surface area (Å²) < 4.78 is 40.3. The van der Waals surface area contributed by atoms with Gasteiger partial charge >= 0.3 is 6.18 Å². The Kier molecular flexibility index (Phi) is 3.75. The lowest BCUT2D eigenvalue weighted by Crippen LogP contribution is -2.13. The summed E-state index contributed by atoms with van der Waals surface area (Å²) in [4.78, 5) is 0. The van der Waals surface area contributed by atoms with Crippen LogP contribution in [0.4, 0.5) is 13.2 Å². The predicted molar refractivity (Wildman–Crippen MR) is 68.7 cm³/mol. The smallest absolute Gasteiger partial charge is 0.323 e. The Morgan fingerprint density at radius 2 is 2.00 bits per heavy atom. The summed E-state index contributed by atoms with van der Waals surface area (Å²) in [6, 6.07) is 3.09. The Hall–Kier alpha value is -1.60. The molecule has 2 rings (SSSR count). The molecule has 1 atom stereocenters. The van der Waals surface area contributed by atoms with Crippen molar-refractivity contribution in [3.05, 3.63) is 40.2 Å². The molecule has 0 aliphatic rings. The number of halogens is 4. The fourth-order valence-corrected chi connectivity index (χ4v) is 2.08. The summed E-state index contributed by atoms with van der Waals surface area (Å²) >= 11 is 5.64. The van der Waals surface area contributed by atoms with Crippen molar-refractivity contribution in [2.75, 3.05) is 0 Å². The first-order valence-electron chi connectivity index (χ1n) is 5.76. The van der Waals surface area contributed by atoms with Crippen LogP contribution in [0.1, 0.15) is 29.9 Å². The van der Waals surface area contributed by atoms with E-state index in [9.17, 15) is 13.2 Å². The summed E-state index contributed by atoms with van der Waals surface area (Å²) in [5.41, 5.74) is 5.62. The van der Waals surface area contributed by atoms with Crippen molar-refractivity contribution in [1.82, 2.24) is 15.0 Å². The molecule has 2 N–H and O–H groups in total. The van der Waals surface area contributed by atoms with Crippen molar-refractivity contribution in [1.29, 1.82) is 0 Å². The number of hydrogen-bond donors (Lipinski definition) is 1. The quantitative estimate of drug-likeness (QED) is 0.926. The Morgan fingerprint density at radius 3 is 2.50 bits per heavy atom. The van der Waals surface area contributed by atoms with Gasteiger partial charge in [0, 0.05) is 11.1 Å². The van der Waals surface area contributed by atoms with Crippen molar-refractivity contribution < 1.29 is 13.2 Å². The van der Waals surface area contributed by atoms with Crippen molar-refractivity contribution in [2.24, 2.45) is 5.73 Å². The monoisotopic (exact) mass is 304 g/mol. The maximum atomic E-state index is 13.1. The fourth-order valence-electron chi connectivity index (χ4n) is 1.91. The molecule has 0 saturated heterocycles. The average Bonchev–Trinajstić information content (AvgIpc) is 2.70.